The van der Waals surface area contributed by atoms with E-state index in [1.807, 2.05) is 24.5 Å². The molecule has 0 saturated heterocycles. The molecule has 1 aromatic heterocycles. The maximum Gasteiger partial charge on any atom is 0.0273 e. The van der Waals surface area contributed by atoms with Crippen LogP contribution in [-0.2, 0) is 6.42 Å². The van der Waals surface area contributed by atoms with Crippen molar-refractivity contribution in [3.8, 4) is 11.1 Å². The third-order valence-electron chi connectivity index (χ3n) is 2.94. The Morgan fingerprint density at radius 1 is 0.889 bits per heavy atom. The molecule has 0 aliphatic heterocycles. The maximum absolute atomic E-state index is 4.04. The Kier molecular flexibility index (Phi) is 4.71. The number of benzene rings is 1. The fourth-order valence-electron chi connectivity index (χ4n) is 1.88. The molecule has 2 aromatic rings. The van der Waals surface area contributed by atoms with Crippen molar-refractivity contribution in [2.24, 2.45) is 0 Å². The lowest BCUT2D eigenvalue weighted by molar-refractivity contribution is 0.953. The monoisotopic (exact) mass is 237 g/mol. The summed E-state index contributed by atoms with van der Waals surface area (Å²) in [7, 11) is 0. The van der Waals surface area contributed by atoms with Crippen molar-refractivity contribution < 1.29 is 0 Å². The number of pyridine rings is 1. The van der Waals surface area contributed by atoms with Gasteiger partial charge in [0, 0.05) is 12.4 Å². The van der Waals surface area contributed by atoms with Crippen LogP contribution in [0.3, 0.4) is 0 Å². The van der Waals surface area contributed by atoms with Crippen molar-refractivity contribution >= 4 is 0 Å². The lowest BCUT2D eigenvalue weighted by Gasteiger charge is -2.02. The maximum atomic E-state index is 4.04. The Hall–Kier alpha value is -1.89. The molecule has 0 saturated carbocycles. The summed E-state index contributed by atoms with van der Waals surface area (Å²) in [5, 5.41) is 0. The molecule has 0 unspecified atom stereocenters. The minimum absolute atomic E-state index is 1.02. The molecule has 0 radical (unpaired) electrons. The van der Waals surface area contributed by atoms with Gasteiger partial charge in [-0.2, -0.15) is 0 Å². The van der Waals surface area contributed by atoms with E-state index >= 15 is 0 Å². The van der Waals surface area contributed by atoms with Crippen LogP contribution in [-0.4, -0.2) is 4.98 Å². The van der Waals surface area contributed by atoms with Crippen LogP contribution in [0.2, 0.25) is 0 Å². The molecule has 0 amide bonds. The van der Waals surface area contributed by atoms with Gasteiger partial charge in [-0.1, -0.05) is 49.8 Å². The number of unbranched alkanes of at least 4 members (excludes halogenated alkanes) is 1. The van der Waals surface area contributed by atoms with E-state index in [2.05, 4.69) is 48.3 Å². The topological polar surface area (TPSA) is 12.9 Å². The van der Waals surface area contributed by atoms with Gasteiger partial charge in [-0.05, 0) is 41.7 Å². The van der Waals surface area contributed by atoms with Crippen LogP contribution in [0.5, 0.6) is 0 Å². The van der Waals surface area contributed by atoms with Crippen LogP contribution in [0.1, 0.15) is 25.3 Å². The summed E-state index contributed by atoms with van der Waals surface area (Å²) < 4.78 is 0. The predicted octanol–water partition coefficient (Wildman–Crippen LogP) is 4.65. The van der Waals surface area contributed by atoms with E-state index in [4.69, 9.17) is 0 Å². The highest BCUT2D eigenvalue weighted by Crippen LogP contribution is 2.18. The van der Waals surface area contributed by atoms with E-state index < -0.39 is 0 Å². The van der Waals surface area contributed by atoms with E-state index in [9.17, 15) is 0 Å². The van der Waals surface area contributed by atoms with Crippen molar-refractivity contribution in [2.75, 3.05) is 0 Å². The lowest BCUT2D eigenvalue weighted by Crippen LogP contribution is -1.83. The Labute approximate surface area is 109 Å². The first kappa shape index (κ1) is 12.6. The van der Waals surface area contributed by atoms with E-state index in [1.165, 1.54) is 29.5 Å². The van der Waals surface area contributed by atoms with E-state index in [1.54, 1.807) is 0 Å². The zero-order chi connectivity index (χ0) is 12.6. The second-order valence-corrected chi connectivity index (χ2v) is 4.40. The molecule has 0 aliphatic carbocycles. The molecule has 0 bridgehead atoms. The van der Waals surface area contributed by atoms with Gasteiger partial charge in [0.25, 0.3) is 0 Å². The van der Waals surface area contributed by atoms with Gasteiger partial charge in [-0.3, -0.25) is 4.98 Å². The van der Waals surface area contributed by atoms with Crippen LogP contribution < -0.4 is 0 Å². The van der Waals surface area contributed by atoms with Crippen LogP contribution in [0, 0.1) is 0 Å². The molecule has 1 heteroatoms. The Morgan fingerprint density at radius 3 is 2.22 bits per heavy atom. The molecule has 1 heterocycles. The summed E-state index contributed by atoms with van der Waals surface area (Å²) in [6, 6.07) is 12.8. The largest absolute Gasteiger partial charge is 0.265 e. The number of aromatic nitrogens is 1. The highest BCUT2D eigenvalue weighted by molar-refractivity contribution is 5.62. The summed E-state index contributed by atoms with van der Waals surface area (Å²) in [5.74, 6) is 0. The predicted molar refractivity (Wildman–Crippen MR) is 77.4 cm³/mol. The Balaban J connectivity index is 2.02. The molecule has 18 heavy (non-hydrogen) atoms. The Morgan fingerprint density at radius 2 is 1.56 bits per heavy atom. The van der Waals surface area contributed by atoms with Crippen molar-refractivity contribution in [1.29, 1.82) is 0 Å². The fourth-order valence-corrected chi connectivity index (χ4v) is 1.88. The van der Waals surface area contributed by atoms with E-state index in [0.29, 0.717) is 0 Å². The molecule has 0 fully saturated rings. The number of nitrogens with zero attached hydrogens (tertiary/aromatic N) is 1. The quantitative estimate of drug-likeness (QED) is 0.690. The minimum Gasteiger partial charge on any atom is -0.265 e. The molecular weight excluding hydrogens is 218 g/mol. The lowest BCUT2D eigenvalue weighted by atomic mass is 10.0. The first-order chi connectivity index (χ1) is 8.90. The molecule has 1 nitrogen and oxygen atoms in total. The number of rotatable bonds is 5. The van der Waals surface area contributed by atoms with Crippen molar-refractivity contribution in [3.63, 3.8) is 0 Å². The second-order valence-electron chi connectivity index (χ2n) is 4.40. The number of hydrogen-bond acceptors (Lipinski definition) is 1. The molecule has 1 aromatic carbocycles. The smallest absolute Gasteiger partial charge is 0.0273 e. The zero-order valence-corrected chi connectivity index (χ0v) is 10.8. The van der Waals surface area contributed by atoms with Gasteiger partial charge in [0.1, 0.15) is 0 Å². The van der Waals surface area contributed by atoms with Crippen molar-refractivity contribution in [1.82, 2.24) is 4.98 Å². The van der Waals surface area contributed by atoms with Crippen LogP contribution in [0.15, 0.2) is 60.9 Å². The fraction of sp³-hybridized carbons (Fsp3) is 0.235. The highest BCUT2D eigenvalue weighted by Gasteiger charge is 1.96. The van der Waals surface area contributed by atoms with Crippen molar-refractivity contribution in [2.45, 2.75) is 26.2 Å². The molecular formula is C17H19N. The average molecular weight is 237 g/mol. The minimum atomic E-state index is 1.02. The summed E-state index contributed by atoms with van der Waals surface area (Å²) in [6.07, 6.45) is 11.6. The molecule has 0 N–H and O–H groups in total. The molecule has 0 spiro atoms. The normalized spacial score (nSPS) is 10.9. The molecule has 2 rings (SSSR count). The standard InChI is InChI=1S/C17H19N/c1-2-3-4-5-6-15-7-9-16(10-8-15)17-11-13-18-14-12-17/h4-5,7-14H,2-3,6H2,1H3. The van der Waals surface area contributed by atoms with Crippen LogP contribution in [0.25, 0.3) is 11.1 Å². The molecule has 92 valence electrons. The van der Waals surface area contributed by atoms with Gasteiger partial charge in [-0.15, -0.1) is 0 Å². The van der Waals surface area contributed by atoms with Crippen LogP contribution >= 0.6 is 0 Å². The summed E-state index contributed by atoms with van der Waals surface area (Å²) in [6.45, 7) is 2.20. The van der Waals surface area contributed by atoms with Gasteiger partial charge in [0.15, 0.2) is 0 Å². The second kappa shape index (κ2) is 6.75. The summed E-state index contributed by atoms with van der Waals surface area (Å²) >= 11 is 0. The number of allylic oxidation sites excluding steroid dienone is 2. The first-order valence-electron chi connectivity index (χ1n) is 6.54. The van der Waals surface area contributed by atoms with Crippen molar-refractivity contribution in [3.05, 3.63) is 66.5 Å². The van der Waals surface area contributed by atoms with Gasteiger partial charge < -0.3 is 0 Å². The summed E-state index contributed by atoms with van der Waals surface area (Å²) in [5.41, 5.74) is 3.83. The van der Waals surface area contributed by atoms with Crippen LogP contribution in [0.4, 0.5) is 0 Å². The molecule has 0 atom stereocenters. The SMILES string of the molecule is CCCC=CCc1ccc(-c2ccncc2)cc1. The van der Waals surface area contributed by atoms with Gasteiger partial charge in [0.2, 0.25) is 0 Å². The average Bonchev–Trinajstić information content (AvgIpc) is 2.45. The van der Waals surface area contributed by atoms with E-state index in [0.717, 1.165) is 6.42 Å². The Bertz CT molecular complexity index is 483. The highest BCUT2D eigenvalue weighted by atomic mass is 14.6. The molecule has 0 aliphatic rings. The van der Waals surface area contributed by atoms with Gasteiger partial charge >= 0.3 is 0 Å². The van der Waals surface area contributed by atoms with Gasteiger partial charge in [0.05, 0.1) is 0 Å². The van der Waals surface area contributed by atoms with E-state index in [-0.39, 0.29) is 0 Å². The zero-order valence-electron chi connectivity index (χ0n) is 10.8. The van der Waals surface area contributed by atoms with Gasteiger partial charge in [-0.25, -0.2) is 0 Å². The summed E-state index contributed by atoms with van der Waals surface area (Å²) in [4.78, 5) is 4.04. The third kappa shape index (κ3) is 3.56. The number of hydrogen-bond donors (Lipinski definition) is 0. The third-order valence-corrected chi connectivity index (χ3v) is 2.94. The first-order valence-corrected chi connectivity index (χ1v) is 6.54.